The van der Waals surface area contributed by atoms with Crippen molar-refractivity contribution in [2.24, 2.45) is 10.8 Å². The highest BCUT2D eigenvalue weighted by Gasteiger charge is 2.61. The van der Waals surface area contributed by atoms with Gasteiger partial charge in [0, 0.05) is 10.8 Å². The third-order valence-electron chi connectivity index (χ3n) is 5.64. The molecule has 1 nitrogen and oxygen atoms in total. The van der Waals surface area contributed by atoms with Crippen molar-refractivity contribution in [3.05, 3.63) is 71.3 Å². The Bertz CT molecular complexity index is 722. The van der Waals surface area contributed by atoms with Crippen LogP contribution in [0.25, 0.3) is 0 Å². The molecule has 3 heteroatoms. The molecular formula is C21H20F2O. The molecular weight excluding hydrogens is 306 g/mol. The summed E-state index contributed by atoms with van der Waals surface area (Å²) in [6, 6.07) is 13.4. The van der Waals surface area contributed by atoms with Crippen LogP contribution in [0.3, 0.4) is 0 Å². The Kier molecular flexibility index (Phi) is 3.56. The Morgan fingerprint density at radius 2 is 1.12 bits per heavy atom. The van der Waals surface area contributed by atoms with Gasteiger partial charge in [0.25, 0.3) is 0 Å². The molecule has 0 spiro atoms. The largest absolute Gasteiger partial charge is 0.298 e. The smallest absolute Gasteiger partial charge is 0.145 e. The third-order valence-corrected chi connectivity index (χ3v) is 5.64. The number of rotatable bonds is 6. The summed E-state index contributed by atoms with van der Waals surface area (Å²) in [6.07, 6.45) is 4.21. The quantitative estimate of drug-likeness (QED) is 0.739. The lowest BCUT2D eigenvalue weighted by molar-refractivity contribution is -0.129. The summed E-state index contributed by atoms with van der Waals surface area (Å²) in [6.45, 7) is 0. The maximum absolute atomic E-state index is 14.0. The Balaban J connectivity index is 1.55. The lowest BCUT2D eigenvalue weighted by Crippen LogP contribution is -2.30. The van der Waals surface area contributed by atoms with Gasteiger partial charge < -0.3 is 0 Å². The second-order valence-electron chi connectivity index (χ2n) is 7.43. The number of ketones is 1. The van der Waals surface area contributed by atoms with E-state index in [-0.39, 0.29) is 17.4 Å². The van der Waals surface area contributed by atoms with Crippen LogP contribution >= 0.6 is 0 Å². The fraction of sp³-hybridized carbons (Fsp3) is 0.381. The van der Waals surface area contributed by atoms with E-state index in [1.54, 1.807) is 24.3 Å². The van der Waals surface area contributed by atoms with Crippen LogP contribution < -0.4 is 0 Å². The van der Waals surface area contributed by atoms with E-state index in [2.05, 4.69) is 0 Å². The summed E-state index contributed by atoms with van der Waals surface area (Å²) in [4.78, 5) is 13.2. The number of carbonyl (C=O) groups is 1. The summed E-state index contributed by atoms with van der Waals surface area (Å²) in [5.41, 5.74) is 0.378. The molecule has 2 aliphatic rings. The van der Waals surface area contributed by atoms with Gasteiger partial charge in [-0.05, 0) is 61.8 Å². The van der Waals surface area contributed by atoms with Crippen LogP contribution in [-0.4, -0.2) is 5.78 Å². The lowest BCUT2D eigenvalue weighted by Gasteiger charge is -2.22. The van der Waals surface area contributed by atoms with Crippen LogP contribution in [0, 0.1) is 22.5 Å². The summed E-state index contributed by atoms with van der Waals surface area (Å²) < 4.78 is 27.9. The minimum absolute atomic E-state index is 0.224. The van der Waals surface area contributed by atoms with E-state index in [1.807, 2.05) is 12.1 Å². The summed E-state index contributed by atoms with van der Waals surface area (Å²) in [5.74, 6) is -0.257. The molecule has 0 radical (unpaired) electrons. The molecule has 0 heterocycles. The minimum Gasteiger partial charge on any atom is -0.298 e. The van der Waals surface area contributed by atoms with Gasteiger partial charge in [0.1, 0.15) is 17.4 Å². The van der Waals surface area contributed by atoms with E-state index in [4.69, 9.17) is 0 Å². The van der Waals surface area contributed by atoms with E-state index in [1.165, 1.54) is 12.1 Å². The molecule has 0 N–H and O–H groups in total. The molecule has 0 atom stereocenters. The van der Waals surface area contributed by atoms with E-state index in [9.17, 15) is 13.6 Å². The fourth-order valence-corrected chi connectivity index (χ4v) is 3.85. The zero-order valence-electron chi connectivity index (χ0n) is 13.5. The Hall–Kier alpha value is -2.03. The van der Waals surface area contributed by atoms with Crippen molar-refractivity contribution in [3.63, 3.8) is 0 Å². The molecule has 2 aromatic rings. The molecule has 2 fully saturated rings. The van der Waals surface area contributed by atoms with E-state index in [0.717, 1.165) is 25.7 Å². The Morgan fingerprint density at radius 1 is 0.750 bits per heavy atom. The van der Waals surface area contributed by atoms with Gasteiger partial charge in [-0.25, -0.2) is 8.78 Å². The average molecular weight is 326 g/mol. The first-order valence-electron chi connectivity index (χ1n) is 8.57. The summed E-state index contributed by atoms with van der Waals surface area (Å²) >= 11 is 0. The van der Waals surface area contributed by atoms with Gasteiger partial charge in [0.15, 0.2) is 0 Å². The van der Waals surface area contributed by atoms with Gasteiger partial charge in [0.2, 0.25) is 0 Å². The molecule has 124 valence electrons. The highest BCUT2D eigenvalue weighted by atomic mass is 19.1. The van der Waals surface area contributed by atoms with Crippen molar-refractivity contribution in [2.45, 2.75) is 38.5 Å². The van der Waals surface area contributed by atoms with Crippen LogP contribution in [0.1, 0.15) is 36.8 Å². The maximum Gasteiger partial charge on any atom is 0.145 e. The third kappa shape index (κ3) is 2.66. The first-order chi connectivity index (χ1) is 11.5. The van der Waals surface area contributed by atoms with Gasteiger partial charge in [-0.1, -0.05) is 36.4 Å². The monoisotopic (exact) mass is 326 g/mol. The minimum atomic E-state index is -0.427. The zero-order chi connectivity index (χ0) is 16.8. The van der Waals surface area contributed by atoms with Crippen molar-refractivity contribution in [1.29, 1.82) is 0 Å². The topological polar surface area (TPSA) is 17.1 Å². The first-order valence-corrected chi connectivity index (χ1v) is 8.57. The van der Waals surface area contributed by atoms with Crippen LogP contribution in [0.4, 0.5) is 8.78 Å². The predicted octanol–water partition coefficient (Wildman–Crippen LogP) is 4.88. The highest BCUT2D eigenvalue weighted by molar-refractivity contribution is 5.95. The Morgan fingerprint density at radius 3 is 1.46 bits per heavy atom. The molecule has 0 amide bonds. The van der Waals surface area contributed by atoms with Crippen LogP contribution in [0.15, 0.2) is 48.5 Å². The molecule has 0 bridgehead atoms. The number of hydrogen-bond donors (Lipinski definition) is 0. The zero-order valence-corrected chi connectivity index (χ0v) is 13.5. The molecule has 24 heavy (non-hydrogen) atoms. The molecule has 4 rings (SSSR count). The highest BCUT2D eigenvalue weighted by Crippen LogP contribution is 2.61. The van der Waals surface area contributed by atoms with Gasteiger partial charge in [-0.3, -0.25) is 4.79 Å². The van der Waals surface area contributed by atoms with Crippen molar-refractivity contribution in [3.8, 4) is 0 Å². The van der Waals surface area contributed by atoms with E-state index < -0.39 is 10.8 Å². The molecule has 0 saturated heterocycles. The van der Waals surface area contributed by atoms with Crippen molar-refractivity contribution >= 4 is 5.78 Å². The van der Waals surface area contributed by atoms with Crippen LogP contribution in [0.2, 0.25) is 0 Å². The van der Waals surface area contributed by atoms with Crippen molar-refractivity contribution in [1.82, 2.24) is 0 Å². The lowest BCUT2D eigenvalue weighted by atomic mass is 9.80. The van der Waals surface area contributed by atoms with Gasteiger partial charge in [-0.15, -0.1) is 0 Å². The molecule has 0 aromatic heterocycles. The number of Topliss-reactive ketones (excluding diaryl/α,β-unsaturated/α-hetero) is 1. The SMILES string of the molecule is O=C(C1(Cc2ccccc2F)CC1)C1(Cc2ccccc2F)CC1. The van der Waals surface area contributed by atoms with Crippen LogP contribution in [-0.2, 0) is 17.6 Å². The second-order valence-corrected chi connectivity index (χ2v) is 7.43. The van der Waals surface area contributed by atoms with E-state index >= 15 is 0 Å². The summed E-state index contributed by atoms with van der Waals surface area (Å²) in [7, 11) is 0. The first kappa shape index (κ1) is 15.5. The second kappa shape index (κ2) is 5.51. The van der Waals surface area contributed by atoms with Crippen molar-refractivity contribution < 1.29 is 13.6 Å². The van der Waals surface area contributed by atoms with E-state index in [0.29, 0.717) is 24.0 Å². The number of benzene rings is 2. The normalized spacial score (nSPS) is 19.8. The molecule has 2 saturated carbocycles. The molecule has 2 aromatic carbocycles. The number of hydrogen-bond acceptors (Lipinski definition) is 1. The van der Waals surface area contributed by atoms with Gasteiger partial charge in [-0.2, -0.15) is 0 Å². The summed E-state index contributed by atoms with van der Waals surface area (Å²) in [5, 5.41) is 0. The standard InChI is InChI=1S/C21H20F2O/c22-17-7-3-1-5-15(17)13-20(9-10-20)19(24)21(11-12-21)14-16-6-2-4-8-18(16)23/h1-8H,9-14H2. The van der Waals surface area contributed by atoms with Crippen molar-refractivity contribution in [2.75, 3.05) is 0 Å². The van der Waals surface area contributed by atoms with Gasteiger partial charge in [0.05, 0.1) is 0 Å². The number of carbonyl (C=O) groups excluding carboxylic acids is 1. The molecule has 2 aliphatic carbocycles. The van der Waals surface area contributed by atoms with Crippen LogP contribution in [0.5, 0.6) is 0 Å². The fourth-order valence-electron chi connectivity index (χ4n) is 3.85. The number of halogens is 2. The average Bonchev–Trinajstić information content (AvgIpc) is 3.49. The molecule has 0 unspecified atom stereocenters. The predicted molar refractivity (Wildman–Crippen MR) is 88.5 cm³/mol. The van der Waals surface area contributed by atoms with Gasteiger partial charge >= 0.3 is 0 Å². The maximum atomic E-state index is 14.0. The Labute approximate surface area is 140 Å². The molecule has 0 aliphatic heterocycles.